The molecule has 0 spiro atoms. The van der Waals surface area contributed by atoms with Crippen molar-refractivity contribution in [1.82, 2.24) is 10.2 Å². The Morgan fingerprint density at radius 2 is 1.85 bits per heavy atom. The van der Waals surface area contributed by atoms with Crippen LogP contribution in [0.15, 0.2) is 54.6 Å². The molecule has 7 nitrogen and oxygen atoms in total. The van der Waals surface area contributed by atoms with E-state index in [0.29, 0.717) is 19.6 Å². The zero-order chi connectivity index (χ0) is 28.0. The number of halogens is 1. The lowest BCUT2D eigenvalue weighted by Crippen LogP contribution is -2.48. The number of aryl methyl sites for hydroxylation is 1. The van der Waals surface area contributed by atoms with E-state index in [0.717, 1.165) is 36.2 Å². The van der Waals surface area contributed by atoms with Crippen molar-refractivity contribution in [3.8, 4) is 0 Å². The van der Waals surface area contributed by atoms with Crippen LogP contribution in [-0.2, 0) is 27.3 Å². The number of rotatable bonds is 11. The van der Waals surface area contributed by atoms with E-state index >= 15 is 4.11 Å². The van der Waals surface area contributed by atoms with Crippen molar-refractivity contribution in [1.29, 1.82) is 0 Å². The molecule has 0 aromatic heterocycles. The van der Waals surface area contributed by atoms with Crippen LogP contribution in [-0.4, -0.2) is 75.2 Å². The molecule has 4 atom stereocenters. The van der Waals surface area contributed by atoms with Gasteiger partial charge in [0.25, 0.3) is 0 Å². The lowest BCUT2D eigenvalue weighted by atomic mass is 9.95. The number of anilines is 1. The first kappa shape index (κ1) is 29.4. The lowest BCUT2D eigenvalue weighted by Gasteiger charge is -2.30. The number of ether oxygens (including phenoxy) is 1. The smallest absolute Gasteiger partial charge is 0.246 e. The van der Waals surface area contributed by atoms with Crippen LogP contribution in [0.2, 0.25) is 18.6 Å². The van der Waals surface area contributed by atoms with Crippen LogP contribution in [0.3, 0.4) is 0 Å². The van der Waals surface area contributed by atoms with Gasteiger partial charge in [0.15, 0.2) is 0 Å². The number of aliphatic hydroxyl groups is 1. The van der Waals surface area contributed by atoms with E-state index in [1.165, 1.54) is 0 Å². The maximum absolute atomic E-state index is 15.6. The molecule has 2 heterocycles. The van der Waals surface area contributed by atoms with Crippen molar-refractivity contribution in [3.05, 3.63) is 65.7 Å². The van der Waals surface area contributed by atoms with Crippen LogP contribution in [0.4, 0.5) is 9.80 Å². The average Bonchev–Trinajstić information content (AvgIpc) is 3.23. The van der Waals surface area contributed by atoms with Crippen molar-refractivity contribution in [2.75, 3.05) is 37.7 Å². The maximum Gasteiger partial charge on any atom is 0.246 e. The summed E-state index contributed by atoms with van der Waals surface area (Å²) in [6.45, 7) is 7.80. The molecule has 2 aliphatic heterocycles. The fraction of sp³-hybridized carbons (Fsp3) is 0.533. The Hall–Kier alpha value is -2.59. The molecule has 0 radical (unpaired) electrons. The topological polar surface area (TPSA) is 82.1 Å². The summed E-state index contributed by atoms with van der Waals surface area (Å²) in [7, 11) is -3.12. The maximum atomic E-state index is 15.6. The molecule has 39 heavy (non-hydrogen) atoms. The zero-order valence-electron chi connectivity index (χ0n) is 23.3. The predicted molar refractivity (Wildman–Crippen MR) is 154 cm³/mol. The molecule has 2 amide bonds. The van der Waals surface area contributed by atoms with Crippen molar-refractivity contribution < 1.29 is 23.5 Å². The third-order valence-corrected chi connectivity index (χ3v) is 10.5. The SMILES string of the molecule is C[C@H]1[C@H]([Si](C)(C)F)[C@@H](CC(=O)N(CCO)Cc2ccccc2)O[C@H]1CCc1ccc(N2CCNCC2=O)cc1. The molecule has 2 aromatic carbocycles. The van der Waals surface area contributed by atoms with E-state index < -0.39 is 14.5 Å². The number of carbonyl (C=O) groups is 2. The minimum Gasteiger partial charge on any atom is -0.395 e. The van der Waals surface area contributed by atoms with Gasteiger partial charge in [-0.05, 0) is 55.1 Å². The molecule has 2 fully saturated rings. The molecule has 0 bridgehead atoms. The molecule has 0 unspecified atom stereocenters. The van der Waals surface area contributed by atoms with Crippen LogP contribution in [0, 0.1) is 5.92 Å². The highest BCUT2D eigenvalue weighted by Crippen LogP contribution is 2.47. The number of amides is 2. The monoisotopic (exact) mass is 555 g/mol. The number of hydrogen-bond donors (Lipinski definition) is 2. The van der Waals surface area contributed by atoms with E-state index in [4.69, 9.17) is 4.74 Å². The Kier molecular flexibility index (Phi) is 9.93. The highest BCUT2D eigenvalue weighted by molar-refractivity contribution is 6.72. The molecule has 2 saturated heterocycles. The molecule has 0 aliphatic carbocycles. The predicted octanol–water partition coefficient (Wildman–Crippen LogP) is 3.91. The fourth-order valence-corrected chi connectivity index (χ4v) is 8.67. The van der Waals surface area contributed by atoms with Gasteiger partial charge in [-0.3, -0.25) is 9.59 Å². The molecular formula is C30H42FN3O4Si. The van der Waals surface area contributed by atoms with Gasteiger partial charge in [0, 0.05) is 37.4 Å². The number of benzene rings is 2. The van der Waals surface area contributed by atoms with Gasteiger partial charge in [-0.15, -0.1) is 0 Å². The van der Waals surface area contributed by atoms with Gasteiger partial charge in [0.2, 0.25) is 20.2 Å². The van der Waals surface area contributed by atoms with Crippen LogP contribution in [0.5, 0.6) is 0 Å². The van der Waals surface area contributed by atoms with E-state index in [1.54, 1.807) is 22.9 Å². The summed E-state index contributed by atoms with van der Waals surface area (Å²) in [5, 5.41) is 12.7. The average molecular weight is 556 g/mol. The lowest BCUT2D eigenvalue weighted by molar-refractivity contribution is -0.135. The highest BCUT2D eigenvalue weighted by Gasteiger charge is 2.51. The zero-order valence-corrected chi connectivity index (χ0v) is 24.3. The number of carbonyl (C=O) groups excluding carboxylic acids is 2. The second-order valence-corrected chi connectivity index (χ2v) is 15.1. The Balaban J connectivity index is 1.39. The molecule has 2 aliphatic rings. The van der Waals surface area contributed by atoms with E-state index in [-0.39, 0.29) is 48.9 Å². The molecule has 0 saturated carbocycles. The molecule has 212 valence electrons. The standard InChI is InChI=1S/C30H42FN3O4Si/c1-22-26(14-11-23-9-12-25(13-10-23)34-16-15-32-20-29(34)37)38-27(30(22)39(2,3)31)19-28(36)33(17-18-35)21-24-7-5-4-6-8-24/h4-10,12-13,22,26-27,30,32,35H,11,14-21H2,1-3H3/t22-,26+,27-,30+/m1/s1. The summed E-state index contributed by atoms with van der Waals surface area (Å²) in [5.74, 6) is -0.0344. The summed E-state index contributed by atoms with van der Waals surface area (Å²) in [5.41, 5.74) is 2.76. The van der Waals surface area contributed by atoms with Crippen molar-refractivity contribution in [2.24, 2.45) is 5.92 Å². The van der Waals surface area contributed by atoms with Crippen LogP contribution in [0.1, 0.15) is 30.9 Å². The molecule has 2 aromatic rings. The molecule has 9 heteroatoms. The Bertz CT molecular complexity index is 1100. The number of nitrogens with one attached hydrogen (secondary N) is 1. The second-order valence-electron chi connectivity index (χ2n) is 11.3. The normalized spacial score (nSPS) is 23.7. The molecule has 4 rings (SSSR count). The Labute approximate surface area is 232 Å². The Morgan fingerprint density at radius 1 is 1.13 bits per heavy atom. The van der Waals surface area contributed by atoms with Gasteiger partial charge >= 0.3 is 0 Å². The third kappa shape index (κ3) is 7.54. The van der Waals surface area contributed by atoms with Crippen molar-refractivity contribution in [2.45, 2.75) is 63.6 Å². The molecular weight excluding hydrogens is 513 g/mol. The second kappa shape index (κ2) is 13.2. The highest BCUT2D eigenvalue weighted by atomic mass is 28.4. The quantitative estimate of drug-likeness (QED) is 0.325. The van der Waals surface area contributed by atoms with E-state index in [1.807, 2.05) is 54.6 Å². The number of hydrogen-bond acceptors (Lipinski definition) is 5. The summed E-state index contributed by atoms with van der Waals surface area (Å²) in [4.78, 5) is 29.0. The van der Waals surface area contributed by atoms with E-state index in [9.17, 15) is 14.7 Å². The summed E-state index contributed by atoms with van der Waals surface area (Å²) >= 11 is 0. The van der Waals surface area contributed by atoms with E-state index in [2.05, 4.69) is 12.2 Å². The van der Waals surface area contributed by atoms with Gasteiger partial charge in [0.1, 0.15) is 0 Å². The van der Waals surface area contributed by atoms with Gasteiger partial charge in [-0.2, -0.15) is 0 Å². The van der Waals surface area contributed by atoms with Gasteiger partial charge in [-0.25, -0.2) is 0 Å². The summed E-state index contributed by atoms with van der Waals surface area (Å²) in [6.07, 6.45) is 1.03. The van der Waals surface area contributed by atoms with Crippen molar-refractivity contribution in [3.63, 3.8) is 0 Å². The number of piperazine rings is 1. The summed E-state index contributed by atoms with van der Waals surface area (Å²) < 4.78 is 22.0. The largest absolute Gasteiger partial charge is 0.395 e. The minimum atomic E-state index is -3.12. The van der Waals surface area contributed by atoms with Crippen LogP contribution in [0.25, 0.3) is 0 Å². The first-order valence-electron chi connectivity index (χ1n) is 14.0. The van der Waals surface area contributed by atoms with Crippen molar-refractivity contribution >= 4 is 25.9 Å². The molecule has 2 N–H and O–H groups in total. The van der Waals surface area contributed by atoms with Crippen LogP contribution < -0.4 is 10.2 Å². The third-order valence-electron chi connectivity index (χ3n) is 8.07. The number of aliphatic hydroxyl groups excluding tert-OH is 1. The minimum absolute atomic E-state index is 0.00706. The first-order valence-corrected chi connectivity index (χ1v) is 17.0. The number of nitrogens with zero attached hydrogens (tertiary/aromatic N) is 2. The van der Waals surface area contributed by atoms with Gasteiger partial charge < -0.3 is 29.1 Å². The van der Waals surface area contributed by atoms with Crippen LogP contribution >= 0.6 is 0 Å². The first-order chi connectivity index (χ1) is 18.7. The Morgan fingerprint density at radius 3 is 2.49 bits per heavy atom. The van der Waals surface area contributed by atoms with Gasteiger partial charge in [-0.1, -0.05) is 49.4 Å². The summed E-state index contributed by atoms with van der Waals surface area (Å²) in [6, 6.07) is 17.8. The van der Waals surface area contributed by atoms with Gasteiger partial charge in [0.05, 0.1) is 31.8 Å². The fourth-order valence-electron chi connectivity index (χ4n) is 6.12.